The van der Waals surface area contributed by atoms with Gasteiger partial charge in [-0.25, -0.2) is 17.8 Å². The number of sulfone groups is 1. The first-order chi connectivity index (χ1) is 14.7. The largest absolute Gasteiger partial charge is 0.480 e. The van der Waals surface area contributed by atoms with E-state index in [0.717, 1.165) is 0 Å². The van der Waals surface area contributed by atoms with Crippen LogP contribution in [0.1, 0.15) is 21.7 Å². The minimum atomic E-state index is -3.84. The Morgan fingerprint density at radius 1 is 1.23 bits per heavy atom. The zero-order valence-electron chi connectivity index (χ0n) is 16.8. The number of fused-ring (bicyclic) bond motifs is 1. The molecule has 1 aromatic carbocycles. The Kier molecular flexibility index (Phi) is 5.40. The number of aliphatic carboxylic acids is 1. The second-order valence-corrected chi connectivity index (χ2v) is 10.0. The second-order valence-electron chi connectivity index (χ2n) is 7.22. The number of hydrogen-bond acceptors (Lipinski definition) is 5. The van der Waals surface area contributed by atoms with Gasteiger partial charge in [0.2, 0.25) is 9.84 Å². The zero-order chi connectivity index (χ0) is 22.3. The van der Waals surface area contributed by atoms with Crippen molar-refractivity contribution in [1.82, 2.24) is 9.55 Å². The number of nitrogens with zero attached hydrogens (tertiary/aromatic N) is 2. The van der Waals surface area contributed by atoms with Gasteiger partial charge in [-0.2, -0.15) is 0 Å². The van der Waals surface area contributed by atoms with Crippen LogP contribution in [0.5, 0.6) is 0 Å². The quantitative estimate of drug-likeness (QED) is 0.464. The van der Waals surface area contributed by atoms with Crippen LogP contribution in [0.25, 0.3) is 10.9 Å². The summed E-state index contributed by atoms with van der Waals surface area (Å²) in [5.41, 5.74) is 2.58. The summed E-state index contributed by atoms with van der Waals surface area (Å²) in [5, 5.41) is 11.6. The van der Waals surface area contributed by atoms with Gasteiger partial charge in [-0.05, 0) is 60.7 Å². The summed E-state index contributed by atoms with van der Waals surface area (Å²) >= 11 is 1.31. The average Bonchev–Trinajstić information content (AvgIpc) is 3.21. The molecule has 31 heavy (non-hydrogen) atoms. The molecule has 4 aromatic rings. The minimum absolute atomic E-state index is 0.0335. The Bertz CT molecular complexity index is 1410. The normalized spacial score (nSPS) is 11.8. The van der Waals surface area contributed by atoms with Crippen LogP contribution in [-0.4, -0.2) is 29.0 Å². The van der Waals surface area contributed by atoms with Gasteiger partial charge in [-0.15, -0.1) is 11.3 Å². The minimum Gasteiger partial charge on any atom is -0.480 e. The van der Waals surface area contributed by atoms with Gasteiger partial charge in [0.1, 0.15) is 12.4 Å². The van der Waals surface area contributed by atoms with Crippen molar-refractivity contribution in [2.24, 2.45) is 0 Å². The molecule has 0 atom stereocenters. The molecule has 0 aliphatic carbocycles. The molecule has 0 saturated heterocycles. The second kappa shape index (κ2) is 7.90. The third-order valence-electron chi connectivity index (χ3n) is 5.22. The molecular weight excluding hydrogens is 439 g/mol. The van der Waals surface area contributed by atoms with E-state index in [-0.39, 0.29) is 22.9 Å². The maximum Gasteiger partial charge on any atom is 0.323 e. The van der Waals surface area contributed by atoms with Crippen molar-refractivity contribution in [2.75, 3.05) is 0 Å². The van der Waals surface area contributed by atoms with Crippen molar-refractivity contribution in [2.45, 2.75) is 36.7 Å². The molecule has 160 valence electrons. The summed E-state index contributed by atoms with van der Waals surface area (Å²) in [6, 6.07) is 8.92. The van der Waals surface area contributed by atoms with E-state index in [1.54, 1.807) is 42.0 Å². The SMILES string of the molecule is Cc1csc(Cc2c(C)n(CC(=O)O)c3ccc(F)cc23)c1S(=O)(=O)c1ccccn1. The molecule has 0 bridgehead atoms. The number of thiophene rings is 1. The van der Waals surface area contributed by atoms with E-state index in [4.69, 9.17) is 0 Å². The van der Waals surface area contributed by atoms with Gasteiger partial charge in [0.25, 0.3) is 0 Å². The molecule has 0 unspecified atom stereocenters. The monoisotopic (exact) mass is 458 g/mol. The summed E-state index contributed by atoms with van der Waals surface area (Å²) in [7, 11) is -3.84. The lowest BCUT2D eigenvalue weighted by molar-refractivity contribution is -0.137. The summed E-state index contributed by atoms with van der Waals surface area (Å²) in [5.74, 6) is -1.45. The highest BCUT2D eigenvalue weighted by Crippen LogP contribution is 2.36. The number of benzene rings is 1. The third-order valence-corrected chi connectivity index (χ3v) is 8.35. The molecule has 0 amide bonds. The van der Waals surface area contributed by atoms with E-state index >= 15 is 0 Å². The maximum absolute atomic E-state index is 14.0. The van der Waals surface area contributed by atoms with Crippen LogP contribution in [-0.2, 0) is 27.6 Å². The number of aromatic nitrogens is 2. The summed E-state index contributed by atoms with van der Waals surface area (Å²) in [4.78, 5) is 16.2. The summed E-state index contributed by atoms with van der Waals surface area (Å²) in [6.45, 7) is 3.23. The zero-order valence-corrected chi connectivity index (χ0v) is 18.4. The lowest BCUT2D eigenvalue weighted by Crippen LogP contribution is -2.10. The molecule has 3 heterocycles. The number of hydrogen-bond donors (Lipinski definition) is 1. The molecule has 0 aliphatic heterocycles. The topological polar surface area (TPSA) is 89.3 Å². The highest BCUT2D eigenvalue weighted by Gasteiger charge is 2.27. The number of carbonyl (C=O) groups is 1. The summed E-state index contributed by atoms with van der Waals surface area (Å²) < 4.78 is 42.2. The van der Waals surface area contributed by atoms with E-state index in [1.807, 2.05) is 0 Å². The Labute approximate surface area is 182 Å². The van der Waals surface area contributed by atoms with E-state index in [0.29, 0.717) is 32.6 Å². The van der Waals surface area contributed by atoms with Gasteiger partial charge in [-0.1, -0.05) is 6.07 Å². The van der Waals surface area contributed by atoms with Crippen molar-refractivity contribution in [3.05, 3.63) is 75.5 Å². The molecule has 1 N–H and O–H groups in total. The van der Waals surface area contributed by atoms with E-state index in [2.05, 4.69) is 4.98 Å². The number of carboxylic acids is 1. The lowest BCUT2D eigenvalue weighted by Gasteiger charge is -2.08. The third kappa shape index (κ3) is 3.75. The fraction of sp³-hybridized carbons (Fsp3) is 0.182. The smallest absolute Gasteiger partial charge is 0.323 e. The van der Waals surface area contributed by atoms with Crippen LogP contribution in [0.4, 0.5) is 4.39 Å². The van der Waals surface area contributed by atoms with Gasteiger partial charge in [-0.3, -0.25) is 4.79 Å². The van der Waals surface area contributed by atoms with Crippen LogP contribution >= 0.6 is 11.3 Å². The molecule has 4 rings (SSSR count). The van der Waals surface area contributed by atoms with Crippen molar-refractivity contribution in [3.63, 3.8) is 0 Å². The standard InChI is InChI=1S/C22H19FN2O4S2/c1-13-12-30-19(22(13)31(28,29)20-5-3-4-8-24-20)10-16-14(2)25(11-21(26)27)18-7-6-15(23)9-17(16)18/h3-9,12H,10-11H2,1-2H3,(H,26,27). The van der Waals surface area contributed by atoms with Crippen LogP contribution in [0.2, 0.25) is 0 Å². The van der Waals surface area contributed by atoms with Crippen LogP contribution < -0.4 is 0 Å². The molecule has 9 heteroatoms. The fourth-order valence-corrected chi connectivity index (χ4v) is 6.83. The first-order valence-corrected chi connectivity index (χ1v) is 11.8. The number of halogens is 1. The van der Waals surface area contributed by atoms with Gasteiger partial charge in [0.15, 0.2) is 5.03 Å². The van der Waals surface area contributed by atoms with Crippen molar-refractivity contribution in [1.29, 1.82) is 0 Å². The fourth-order valence-electron chi connectivity index (χ4n) is 3.83. The van der Waals surface area contributed by atoms with Crippen LogP contribution in [0.15, 0.2) is 57.9 Å². The van der Waals surface area contributed by atoms with Crippen molar-refractivity contribution < 1.29 is 22.7 Å². The Hall–Kier alpha value is -3.04. The van der Waals surface area contributed by atoms with Gasteiger partial charge in [0, 0.05) is 34.1 Å². The van der Waals surface area contributed by atoms with E-state index in [1.165, 1.54) is 35.7 Å². The predicted octanol–water partition coefficient (Wildman–Crippen LogP) is 4.36. The molecule has 0 spiro atoms. The first kappa shape index (κ1) is 21.2. The first-order valence-electron chi connectivity index (χ1n) is 9.42. The van der Waals surface area contributed by atoms with Gasteiger partial charge < -0.3 is 9.67 Å². The van der Waals surface area contributed by atoms with Crippen LogP contribution in [0.3, 0.4) is 0 Å². The number of rotatable bonds is 6. The highest BCUT2D eigenvalue weighted by atomic mass is 32.2. The predicted molar refractivity (Wildman–Crippen MR) is 116 cm³/mol. The molecule has 0 fully saturated rings. The molecular formula is C22H19FN2O4S2. The van der Waals surface area contributed by atoms with Crippen molar-refractivity contribution in [3.8, 4) is 0 Å². The molecule has 0 radical (unpaired) electrons. The Morgan fingerprint density at radius 2 is 2.00 bits per heavy atom. The van der Waals surface area contributed by atoms with Gasteiger partial charge in [0.05, 0.1) is 4.90 Å². The number of aryl methyl sites for hydroxylation is 1. The molecule has 0 aliphatic rings. The maximum atomic E-state index is 14.0. The number of pyridine rings is 1. The Balaban J connectivity index is 1.88. The van der Waals surface area contributed by atoms with E-state index < -0.39 is 21.6 Å². The summed E-state index contributed by atoms with van der Waals surface area (Å²) in [6.07, 6.45) is 1.67. The highest BCUT2D eigenvalue weighted by molar-refractivity contribution is 7.91. The van der Waals surface area contributed by atoms with Crippen molar-refractivity contribution >= 4 is 38.0 Å². The van der Waals surface area contributed by atoms with Gasteiger partial charge >= 0.3 is 5.97 Å². The Morgan fingerprint density at radius 3 is 2.68 bits per heavy atom. The molecule has 3 aromatic heterocycles. The molecule has 0 saturated carbocycles. The number of carboxylic acid groups (broad SMARTS) is 1. The molecule has 6 nitrogen and oxygen atoms in total. The average molecular weight is 459 g/mol. The van der Waals surface area contributed by atoms with Crippen LogP contribution in [0, 0.1) is 19.7 Å². The van der Waals surface area contributed by atoms with E-state index in [9.17, 15) is 22.7 Å². The lowest BCUT2D eigenvalue weighted by atomic mass is 10.1.